The molecule has 1 rings (SSSR count). The predicted octanol–water partition coefficient (Wildman–Crippen LogP) is 0.625. The summed E-state index contributed by atoms with van der Waals surface area (Å²) in [4.78, 5) is 13.0. The van der Waals surface area contributed by atoms with Gasteiger partial charge in [-0.2, -0.15) is 8.42 Å². The predicted molar refractivity (Wildman–Crippen MR) is 65.3 cm³/mol. The number of hydrogen-bond acceptors (Lipinski definition) is 5. The molecule has 0 aliphatic carbocycles. The largest absolute Gasteiger partial charge is 0.502 e. The van der Waals surface area contributed by atoms with E-state index in [2.05, 4.69) is 9.13 Å². The van der Waals surface area contributed by atoms with Crippen molar-refractivity contribution in [2.75, 3.05) is 20.8 Å². The molecule has 0 spiro atoms. The van der Waals surface area contributed by atoms with Crippen molar-refractivity contribution in [2.24, 2.45) is 4.40 Å². The molecule has 0 unspecified atom stereocenters. The summed E-state index contributed by atoms with van der Waals surface area (Å²) in [5.41, 5.74) is 0.0802. The van der Waals surface area contributed by atoms with Gasteiger partial charge in [-0.15, -0.1) is 4.40 Å². The summed E-state index contributed by atoms with van der Waals surface area (Å²) in [6.07, 6.45) is 2.24. The number of carbonyl (C=O) groups is 1. The molecule has 0 saturated carbocycles. The average molecular weight is 297 g/mol. The van der Waals surface area contributed by atoms with Gasteiger partial charge in [0.25, 0.3) is 0 Å². The molecule has 1 aliphatic heterocycles. The Balaban J connectivity index is 3.09. The number of carbonyl (C=O) groups excluding carboxylic acids is 1. The third-order valence-electron chi connectivity index (χ3n) is 2.22. The Labute approximate surface area is 110 Å². The van der Waals surface area contributed by atoms with E-state index in [0.717, 1.165) is 0 Å². The number of hydrogen-bond donors (Lipinski definition) is 0. The maximum absolute atomic E-state index is 11.6. The highest BCUT2D eigenvalue weighted by atomic mass is 35.7. The molecule has 1 aliphatic rings. The molecule has 1 heterocycles. The summed E-state index contributed by atoms with van der Waals surface area (Å²) in [6.45, 7) is 0.440. The van der Waals surface area contributed by atoms with Gasteiger partial charge < -0.3 is 14.4 Å². The highest BCUT2D eigenvalue weighted by Gasteiger charge is 2.28. The van der Waals surface area contributed by atoms with E-state index in [1.54, 1.807) is 0 Å². The molecular weight excluding hydrogens is 284 g/mol. The molecule has 7 nitrogen and oxygen atoms in total. The summed E-state index contributed by atoms with van der Waals surface area (Å²) in [5, 5.41) is 0. The molecule has 0 aromatic carbocycles. The van der Waals surface area contributed by atoms with Gasteiger partial charge in [0.15, 0.2) is 5.70 Å². The highest BCUT2D eigenvalue weighted by molar-refractivity contribution is 8.12. The van der Waals surface area contributed by atoms with Gasteiger partial charge >= 0.3 is 15.2 Å². The Morgan fingerprint density at radius 2 is 2.17 bits per heavy atom. The van der Waals surface area contributed by atoms with Gasteiger partial charge in [0.05, 0.1) is 14.2 Å². The van der Waals surface area contributed by atoms with Crippen LogP contribution in [0.3, 0.4) is 0 Å². The van der Waals surface area contributed by atoms with E-state index < -0.39 is 15.2 Å². The lowest BCUT2D eigenvalue weighted by atomic mass is 10.4. The molecule has 0 N–H and O–H groups in total. The lowest BCUT2D eigenvalue weighted by Gasteiger charge is -2.19. The number of amidine groups is 1. The van der Waals surface area contributed by atoms with Crippen LogP contribution in [0.5, 0.6) is 0 Å². The van der Waals surface area contributed by atoms with E-state index in [0.29, 0.717) is 19.4 Å². The molecule has 1 fully saturated rings. The summed E-state index contributed by atoms with van der Waals surface area (Å²) in [7, 11) is 3.63. The van der Waals surface area contributed by atoms with Crippen LogP contribution in [0, 0.1) is 0 Å². The van der Waals surface area contributed by atoms with Gasteiger partial charge in [-0.05, 0) is 6.42 Å². The van der Waals surface area contributed by atoms with Crippen LogP contribution in [-0.2, 0) is 23.5 Å². The van der Waals surface area contributed by atoms with Crippen LogP contribution in [0.25, 0.3) is 0 Å². The fourth-order valence-electron chi connectivity index (χ4n) is 1.58. The average Bonchev–Trinajstić information content (AvgIpc) is 2.70. The molecule has 9 heteroatoms. The SMILES string of the molecule is CO/C=C(\C(=O)OC)N1CCC/C1=N/S(=O)(=O)Cl. The van der Waals surface area contributed by atoms with Crippen LogP contribution in [0.4, 0.5) is 0 Å². The lowest BCUT2D eigenvalue weighted by Crippen LogP contribution is -2.30. The lowest BCUT2D eigenvalue weighted by molar-refractivity contribution is -0.137. The third-order valence-corrected chi connectivity index (χ3v) is 2.86. The molecule has 0 atom stereocenters. The van der Waals surface area contributed by atoms with Gasteiger partial charge in [-0.3, -0.25) is 0 Å². The molecular formula is C9H13ClN2O5S. The Kier molecular flexibility index (Phi) is 4.97. The standard InChI is InChI=1S/C9H13ClN2O5S/c1-16-6-7(9(13)17-2)12-5-3-4-8(12)11-18(10,14)15/h6H,3-5H2,1-2H3/b7-6+,11-8-. The van der Waals surface area contributed by atoms with Crippen molar-refractivity contribution in [2.45, 2.75) is 12.8 Å². The van der Waals surface area contributed by atoms with Crippen molar-refractivity contribution in [3.05, 3.63) is 12.0 Å². The van der Waals surface area contributed by atoms with Gasteiger partial charge in [-0.1, -0.05) is 0 Å². The minimum absolute atomic E-state index is 0.0802. The summed E-state index contributed by atoms with van der Waals surface area (Å²) in [6, 6.07) is 0. The van der Waals surface area contributed by atoms with Gasteiger partial charge in [0.2, 0.25) is 0 Å². The monoisotopic (exact) mass is 296 g/mol. The first-order chi connectivity index (χ1) is 8.39. The van der Waals surface area contributed by atoms with Crippen molar-refractivity contribution in [1.29, 1.82) is 0 Å². The van der Waals surface area contributed by atoms with Gasteiger partial charge in [-0.25, -0.2) is 4.79 Å². The van der Waals surface area contributed by atoms with Crippen molar-refractivity contribution in [3.8, 4) is 0 Å². The van der Waals surface area contributed by atoms with Crippen molar-refractivity contribution >= 4 is 31.7 Å². The number of likely N-dealkylation sites (tertiary alicyclic amines) is 1. The minimum Gasteiger partial charge on any atom is -0.502 e. The first-order valence-electron chi connectivity index (χ1n) is 5.01. The van der Waals surface area contributed by atoms with Crippen LogP contribution in [0.2, 0.25) is 0 Å². The molecule has 102 valence electrons. The topological polar surface area (TPSA) is 85.3 Å². The van der Waals surface area contributed by atoms with Crippen LogP contribution in [-0.4, -0.2) is 45.9 Å². The zero-order valence-corrected chi connectivity index (χ0v) is 11.5. The highest BCUT2D eigenvalue weighted by Crippen LogP contribution is 2.20. The van der Waals surface area contributed by atoms with E-state index in [4.69, 9.17) is 15.4 Å². The molecule has 0 aromatic rings. The van der Waals surface area contributed by atoms with Crippen molar-refractivity contribution < 1.29 is 22.7 Å². The Bertz CT molecular complexity index is 485. The van der Waals surface area contributed by atoms with Crippen LogP contribution >= 0.6 is 10.7 Å². The van der Waals surface area contributed by atoms with Gasteiger partial charge in [0, 0.05) is 23.6 Å². The maximum atomic E-state index is 11.6. The summed E-state index contributed by atoms with van der Waals surface area (Å²) >= 11 is 0. The fraction of sp³-hybridized carbons (Fsp3) is 0.556. The number of nitrogens with zero attached hydrogens (tertiary/aromatic N) is 2. The molecule has 0 amide bonds. The quantitative estimate of drug-likeness (QED) is 0.327. The van der Waals surface area contributed by atoms with Crippen LogP contribution in [0.15, 0.2) is 16.4 Å². The van der Waals surface area contributed by atoms with E-state index in [-0.39, 0.29) is 11.5 Å². The Morgan fingerprint density at radius 3 is 2.67 bits per heavy atom. The number of halogens is 1. The van der Waals surface area contributed by atoms with Crippen molar-refractivity contribution in [3.63, 3.8) is 0 Å². The van der Waals surface area contributed by atoms with Crippen LogP contribution in [0.1, 0.15) is 12.8 Å². The number of methoxy groups -OCH3 is 2. The molecule has 1 saturated heterocycles. The molecule has 0 bridgehead atoms. The minimum atomic E-state index is -4.02. The first kappa shape index (κ1) is 14.8. The molecule has 0 radical (unpaired) electrons. The zero-order valence-electron chi connectivity index (χ0n) is 9.92. The second kappa shape index (κ2) is 6.05. The summed E-state index contributed by atoms with van der Waals surface area (Å²) in [5.74, 6) is -0.447. The number of ether oxygens (including phenoxy) is 2. The maximum Gasteiger partial charge on any atom is 0.357 e. The zero-order chi connectivity index (χ0) is 13.8. The van der Waals surface area contributed by atoms with E-state index in [1.807, 2.05) is 0 Å². The van der Waals surface area contributed by atoms with Gasteiger partial charge in [0.1, 0.15) is 12.1 Å². The Hall–Kier alpha value is -1.28. The molecule has 0 aromatic heterocycles. The van der Waals surface area contributed by atoms with E-state index in [1.165, 1.54) is 25.4 Å². The number of esters is 1. The van der Waals surface area contributed by atoms with E-state index >= 15 is 0 Å². The first-order valence-corrected chi connectivity index (χ1v) is 7.28. The normalized spacial score (nSPS) is 19.2. The van der Waals surface area contributed by atoms with Crippen molar-refractivity contribution in [1.82, 2.24) is 4.90 Å². The second-order valence-electron chi connectivity index (χ2n) is 3.41. The Morgan fingerprint density at radius 1 is 1.50 bits per heavy atom. The number of rotatable bonds is 4. The molecule has 18 heavy (non-hydrogen) atoms. The fourth-order valence-corrected chi connectivity index (χ4v) is 2.26. The summed E-state index contributed by atoms with van der Waals surface area (Å²) < 4.78 is 34.6. The van der Waals surface area contributed by atoms with Crippen LogP contribution < -0.4 is 0 Å². The third kappa shape index (κ3) is 3.88. The smallest absolute Gasteiger partial charge is 0.357 e. The second-order valence-corrected chi connectivity index (χ2v) is 5.58. The van der Waals surface area contributed by atoms with E-state index in [9.17, 15) is 13.2 Å².